The Balaban J connectivity index is 1.80. The highest BCUT2D eigenvalue weighted by Crippen LogP contribution is 2.36. The summed E-state index contributed by atoms with van der Waals surface area (Å²) in [5.74, 6) is 1.75. The van der Waals surface area contributed by atoms with Gasteiger partial charge in [-0.05, 0) is 36.1 Å². The molecule has 0 N–H and O–H groups in total. The standard InChI is InChI=1S/C20H22O3/c1-22-19-12-11-16(17-9-5-6-10-18(17)21)13-20(19)23-14-15-7-3-2-4-8-15/h2-4,7-8,11-13,17H,5-6,9-10,14H2,1H3. The molecule has 0 bridgehead atoms. The van der Waals surface area contributed by atoms with Gasteiger partial charge >= 0.3 is 0 Å². The van der Waals surface area contributed by atoms with Crippen LogP contribution in [0.5, 0.6) is 11.5 Å². The number of hydrogen-bond donors (Lipinski definition) is 0. The molecule has 0 radical (unpaired) electrons. The van der Waals surface area contributed by atoms with Crippen molar-refractivity contribution in [2.24, 2.45) is 0 Å². The molecule has 0 aromatic heterocycles. The molecule has 0 saturated heterocycles. The van der Waals surface area contributed by atoms with E-state index in [4.69, 9.17) is 9.47 Å². The minimum atomic E-state index is 0.00808. The number of ketones is 1. The molecule has 0 amide bonds. The minimum absolute atomic E-state index is 0.00808. The molecule has 2 aromatic rings. The molecule has 1 aliphatic carbocycles. The zero-order valence-electron chi connectivity index (χ0n) is 13.5. The van der Waals surface area contributed by atoms with Gasteiger partial charge in [0.05, 0.1) is 7.11 Å². The lowest BCUT2D eigenvalue weighted by molar-refractivity contribution is -0.121. The van der Waals surface area contributed by atoms with Crippen LogP contribution in [0.1, 0.15) is 42.7 Å². The van der Waals surface area contributed by atoms with Gasteiger partial charge in [0.25, 0.3) is 0 Å². The second-order valence-electron chi connectivity index (χ2n) is 5.95. The third kappa shape index (κ3) is 3.73. The molecular formula is C20H22O3. The van der Waals surface area contributed by atoms with Crippen molar-refractivity contribution in [2.45, 2.75) is 38.2 Å². The molecule has 1 atom stereocenters. The van der Waals surface area contributed by atoms with E-state index >= 15 is 0 Å². The van der Waals surface area contributed by atoms with E-state index in [2.05, 4.69) is 0 Å². The zero-order chi connectivity index (χ0) is 16.1. The van der Waals surface area contributed by atoms with Crippen molar-refractivity contribution >= 4 is 5.78 Å². The predicted octanol–water partition coefficient (Wildman–Crippen LogP) is 4.50. The molecule has 3 heteroatoms. The number of ether oxygens (including phenoxy) is 2. The van der Waals surface area contributed by atoms with Gasteiger partial charge in [-0.2, -0.15) is 0 Å². The van der Waals surface area contributed by atoms with E-state index in [1.165, 1.54) is 0 Å². The second kappa shape index (κ2) is 7.32. The number of carbonyl (C=O) groups excluding carboxylic acids is 1. The first-order chi connectivity index (χ1) is 11.3. The highest BCUT2D eigenvalue weighted by Gasteiger charge is 2.24. The molecule has 1 saturated carbocycles. The molecule has 1 unspecified atom stereocenters. The van der Waals surface area contributed by atoms with Crippen molar-refractivity contribution in [1.29, 1.82) is 0 Å². The summed E-state index contributed by atoms with van der Waals surface area (Å²) in [5.41, 5.74) is 2.15. The maximum absolute atomic E-state index is 12.2. The van der Waals surface area contributed by atoms with Crippen LogP contribution in [0.2, 0.25) is 0 Å². The lowest BCUT2D eigenvalue weighted by atomic mass is 9.83. The van der Waals surface area contributed by atoms with Gasteiger partial charge in [-0.1, -0.05) is 42.8 Å². The molecule has 23 heavy (non-hydrogen) atoms. The van der Waals surface area contributed by atoms with E-state index in [0.717, 1.165) is 30.4 Å². The Bertz CT molecular complexity index is 664. The molecule has 2 aromatic carbocycles. The van der Waals surface area contributed by atoms with Crippen molar-refractivity contribution in [1.82, 2.24) is 0 Å². The molecule has 0 heterocycles. The lowest BCUT2D eigenvalue weighted by Gasteiger charge is -2.22. The maximum atomic E-state index is 12.2. The van der Waals surface area contributed by atoms with Crippen molar-refractivity contribution < 1.29 is 14.3 Å². The normalized spacial score (nSPS) is 17.8. The van der Waals surface area contributed by atoms with Crippen molar-refractivity contribution in [3.8, 4) is 11.5 Å². The van der Waals surface area contributed by atoms with E-state index in [1.54, 1.807) is 7.11 Å². The Morgan fingerprint density at radius 3 is 2.61 bits per heavy atom. The lowest BCUT2D eigenvalue weighted by Crippen LogP contribution is -2.17. The summed E-state index contributed by atoms with van der Waals surface area (Å²) < 4.78 is 11.3. The second-order valence-corrected chi connectivity index (χ2v) is 5.95. The summed E-state index contributed by atoms with van der Waals surface area (Å²) in [6.45, 7) is 0.485. The van der Waals surface area contributed by atoms with Gasteiger partial charge in [0.15, 0.2) is 11.5 Å². The van der Waals surface area contributed by atoms with Crippen LogP contribution in [0, 0.1) is 0 Å². The summed E-state index contributed by atoms with van der Waals surface area (Å²) in [6.07, 6.45) is 3.76. The van der Waals surface area contributed by atoms with Crippen LogP contribution in [0.3, 0.4) is 0 Å². The van der Waals surface area contributed by atoms with Crippen LogP contribution in [0.15, 0.2) is 48.5 Å². The third-order valence-electron chi connectivity index (χ3n) is 4.38. The predicted molar refractivity (Wildman–Crippen MR) is 90.0 cm³/mol. The molecule has 3 rings (SSSR count). The van der Waals surface area contributed by atoms with Gasteiger partial charge < -0.3 is 9.47 Å². The number of methoxy groups -OCH3 is 1. The summed E-state index contributed by atoms with van der Waals surface area (Å²) in [7, 11) is 1.64. The van der Waals surface area contributed by atoms with Crippen LogP contribution >= 0.6 is 0 Å². The summed E-state index contributed by atoms with van der Waals surface area (Å²) in [6, 6.07) is 15.9. The molecular weight excluding hydrogens is 288 g/mol. The average molecular weight is 310 g/mol. The molecule has 1 fully saturated rings. The number of Topliss-reactive ketones (excluding diaryl/α,β-unsaturated/α-hetero) is 1. The van der Waals surface area contributed by atoms with Crippen LogP contribution < -0.4 is 9.47 Å². The SMILES string of the molecule is COc1ccc(C2CCCCC2=O)cc1OCc1ccccc1. The van der Waals surface area contributed by atoms with E-state index in [1.807, 2.05) is 48.5 Å². The van der Waals surface area contributed by atoms with Gasteiger partial charge in [0, 0.05) is 12.3 Å². The first-order valence-corrected chi connectivity index (χ1v) is 8.15. The Kier molecular flexibility index (Phi) is 4.96. The largest absolute Gasteiger partial charge is 0.493 e. The van der Waals surface area contributed by atoms with Crippen LogP contribution in [-0.4, -0.2) is 12.9 Å². The fraction of sp³-hybridized carbons (Fsp3) is 0.350. The van der Waals surface area contributed by atoms with Gasteiger partial charge in [0.1, 0.15) is 12.4 Å². The Morgan fingerprint density at radius 2 is 1.87 bits per heavy atom. The fourth-order valence-corrected chi connectivity index (χ4v) is 3.09. The minimum Gasteiger partial charge on any atom is -0.493 e. The smallest absolute Gasteiger partial charge is 0.161 e. The molecule has 3 nitrogen and oxygen atoms in total. The Morgan fingerprint density at radius 1 is 1.04 bits per heavy atom. The van der Waals surface area contributed by atoms with Crippen molar-refractivity contribution in [2.75, 3.05) is 7.11 Å². The van der Waals surface area contributed by atoms with Crippen molar-refractivity contribution in [3.63, 3.8) is 0 Å². The topological polar surface area (TPSA) is 35.5 Å². The summed E-state index contributed by atoms with van der Waals surface area (Å²) in [5, 5.41) is 0. The summed E-state index contributed by atoms with van der Waals surface area (Å²) >= 11 is 0. The highest BCUT2D eigenvalue weighted by molar-refractivity contribution is 5.86. The van der Waals surface area contributed by atoms with Gasteiger partial charge in [-0.3, -0.25) is 4.79 Å². The van der Waals surface area contributed by atoms with Crippen LogP contribution in [0.25, 0.3) is 0 Å². The first-order valence-electron chi connectivity index (χ1n) is 8.15. The Hall–Kier alpha value is -2.29. The zero-order valence-corrected chi connectivity index (χ0v) is 13.5. The number of hydrogen-bond acceptors (Lipinski definition) is 3. The molecule has 120 valence electrons. The number of rotatable bonds is 5. The number of benzene rings is 2. The van der Waals surface area contributed by atoms with Gasteiger partial charge in [-0.25, -0.2) is 0 Å². The van der Waals surface area contributed by atoms with Gasteiger partial charge in [0.2, 0.25) is 0 Å². The quantitative estimate of drug-likeness (QED) is 0.815. The first kappa shape index (κ1) is 15.6. The van der Waals surface area contributed by atoms with Gasteiger partial charge in [-0.15, -0.1) is 0 Å². The highest BCUT2D eigenvalue weighted by atomic mass is 16.5. The van der Waals surface area contributed by atoms with Crippen LogP contribution in [-0.2, 0) is 11.4 Å². The molecule has 0 spiro atoms. The molecule has 0 aliphatic heterocycles. The molecule has 1 aliphatic rings. The van der Waals surface area contributed by atoms with Crippen LogP contribution in [0.4, 0.5) is 0 Å². The third-order valence-corrected chi connectivity index (χ3v) is 4.38. The fourth-order valence-electron chi connectivity index (χ4n) is 3.09. The van der Waals surface area contributed by atoms with E-state index in [9.17, 15) is 4.79 Å². The number of carbonyl (C=O) groups is 1. The van der Waals surface area contributed by atoms with E-state index < -0.39 is 0 Å². The maximum Gasteiger partial charge on any atom is 0.161 e. The summed E-state index contributed by atoms with van der Waals surface area (Å²) in [4.78, 5) is 12.2. The van der Waals surface area contributed by atoms with Crippen molar-refractivity contribution in [3.05, 3.63) is 59.7 Å². The van der Waals surface area contributed by atoms with E-state index in [-0.39, 0.29) is 5.92 Å². The van der Waals surface area contributed by atoms with E-state index in [0.29, 0.717) is 30.3 Å². The average Bonchev–Trinajstić information content (AvgIpc) is 2.61. The monoisotopic (exact) mass is 310 g/mol. The Labute approximate surface area is 137 Å².